The van der Waals surface area contributed by atoms with E-state index in [2.05, 4.69) is 25.5 Å². The normalized spacial score (nSPS) is 11.7. The lowest BCUT2D eigenvalue weighted by molar-refractivity contribution is -0.136. The first-order chi connectivity index (χ1) is 18.4. The van der Waals surface area contributed by atoms with Crippen molar-refractivity contribution in [3.63, 3.8) is 0 Å². The van der Waals surface area contributed by atoms with Crippen molar-refractivity contribution < 1.29 is 22.5 Å². The van der Waals surface area contributed by atoms with Crippen LogP contribution in [0.2, 0.25) is 0 Å². The highest BCUT2D eigenvalue weighted by atomic mass is 32.2. The minimum atomic E-state index is -3.69. The van der Waals surface area contributed by atoms with E-state index in [0.717, 1.165) is 16.7 Å². The van der Waals surface area contributed by atoms with E-state index in [0.29, 0.717) is 23.0 Å². The molecule has 10 nitrogen and oxygen atoms in total. The van der Waals surface area contributed by atoms with E-state index < -0.39 is 27.4 Å². The lowest BCUT2D eigenvalue weighted by atomic mass is 10.1. The van der Waals surface area contributed by atoms with Crippen molar-refractivity contribution in [3.8, 4) is 22.5 Å². The molecule has 1 heterocycles. The molecule has 0 saturated heterocycles. The van der Waals surface area contributed by atoms with Crippen molar-refractivity contribution in [1.29, 1.82) is 0 Å². The minimum Gasteiger partial charge on any atom is -0.344 e. The van der Waals surface area contributed by atoms with Gasteiger partial charge in [-0.2, -0.15) is 4.98 Å². The molecule has 202 valence electrons. The average Bonchev–Trinajstić information content (AvgIpc) is 3.33. The molecule has 0 aliphatic heterocycles. The quantitative estimate of drug-likeness (QED) is 0.296. The molecular weight excluding hydrogens is 518 g/mol. The maximum absolute atomic E-state index is 12.7. The number of benzene rings is 3. The van der Waals surface area contributed by atoms with E-state index in [1.54, 1.807) is 82.3 Å². The zero-order valence-electron chi connectivity index (χ0n) is 22.0. The molecule has 1 aromatic heterocycles. The Balaban J connectivity index is 1.36. The summed E-state index contributed by atoms with van der Waals surface area (Å²) in [7, 11) is -3.69. The van der Waals surface area contributed by atoms with Crippen LogP contribution < -0.4 is 15.4 Å². The number of hydrogen-bond donors (Lipinski definition) is 3. The number of anilines is 1. The fourth-order valence-corrected chi connectivity index (χ4v) is 5.20. The first kappa shape index (κ1) is 27.7. The summed E-state index contributed by atoms with van der Waals surface area (Å²) in [5.74, 6) is -0.710. The van der Waals surface area contributed by atoms with Crippen LogP contribution in [0, 0.1) is 6.92 Å². The topological polar surface area (TPSA) is 143 Å². The third kappa shape index (κ3) is 7.37. The summed E-state index contributed by atoms with van der Waals surface area (Å²) in [5, 5.41) is 9.05. The van der Waals surface area contributed by atoms with Crippen LogP contribution in [0.1, 0.15) is 32.2 Å². The van der Waals surface area contributed by atoms with Crippen LogP contribution in [-0.4, -0.2) is 35.9 Å². The maximum Gasteiger partial charge on any atom is 0.313 e. The summed E-state index contributed by atoms with van der Waals surface area (Å²) in [6, 6.07) is 20.6. The standard InChI is InChI=1S/C28H29N5O5S/c1-18-30-25(32-38-18)22-9-5-7-19(15-22)17-29-26(34)27(35)31-23-13-11-20(12-14-23)21-8-6-10-24(16-21)39(36,37)33-28(2,3)4/h5-16,33H,17H2,1-4H3,(H,29,34)(H,31,35). The molecule has 3 N–H and O–H groups in total. The second-order valence-electron chi connectivity index (χ2n) is 9.93. The zero-order chi connectivity index (χ0) is 28.2. The monoisotopic (exact) mass is 547 g/mol. The molecule has 0 bridgehead atoms. The summed E-state index contributed by atoms with van der Waals surface area (Å²) in [6.07, 6.45) is 0. The molecule has 0 radical (unpaired) electrons. The van der Waals surface area contributed by atoms with Gasteiger partial charge in [-0.25, -0.2) is 13.1 Å². The molecule has 2 amide bonds. The van der Waals surface area contributed by atoms with Crippen LogP contribution in [0.4, 0.5) is 5.69 Å². The van der Waals surface area contributed by atoms with Gasteiger partial charge in [0.25, 0.3) is 0 Å². The first-order valence-electron chi connectivity index (χ1n) is 12.1. The highest BCUT2D eigenvalue weighted by molar-refractivity contribution is 7.89. The van der Waals surface area contributed by atoms with Gasteiger partial charge in [-0.1, -0.05) is 47.6 Å². The molecule has 0 aliphatic carbocycles. The largest absolute Gasteiger partial charge is 0.344 e. The minimum absolute atomic E-state index is 0.138. The number of hydrogen-bond acceptors (Lipinski definition) is 7. The second-order valence-corrected chi connectivity index (χ2v) is 11.6. The van der Waals surface area contributed by atoms with Gasteiger partial charge in [-0.15, -0.1) is 0 Å². The fraction of sp³-hybridized carbons (Fsp3) is 0.214. The van der Waals surface area contributed by atoms with Gasteiger partial charge in [-0.05, 0) is 67.8 Å². The number of aryl methyl sites for hydroxylation is 1. The molecule has 0 unspecified atom stereocenters. The Kier molecular flexibility index (Phi) is 7.93. The van der Waals surface area contributed by atoms with Gasteiger partial charge in [0.2, 0.25) is 21.7 Å². The molecule has 11 heteroatoms. The average molecular weight is 548 g/mol. The van der Waals surface area contributed by atoms with Crippen LogP contribution >= 0.6 is 0 Å². The third-order valence-corrected chi connectivity index (χ3v) is 7.19. The van der Waals surface area contributed by atoms with Crippen molar-refractivity contribution in [3.05, 3.63) is 84.3 Å². The van der Waals surface area contributed by atoms with Crippen molar-refractivity contribution in [2.24, 2.45) is 0 Å². The van der Waals surface area contributed by atoms with E-state index >= 15 is 0 Å². The Labute approximate surface area is 226 Å². The van der Waals surface area contributed by atoms with Gasteiger partial charge in [0.15, 0.2) is 0 Å². The van der Waals surface area contributed by atoms with Crippen molar-refractivity contribution in [2.45, 2.75) is 44.7 Å². The van der Waals surface area contributed by atoms with E-state index in [1.807, 2.05) is 12.1 Å². The fourth-order valence-electron chi connectivity index (χ4n) is 3.74. The number of nitrogens with one attached hydrogen (secondary N) is 3. The predicted molar refractivity (Wildman–Crippen MR) is 147 cm³/mol. The van der Waals surface area contributed by atoms with Crippen LogP contribution in [0.3, 0.4) is 0 Å². The van der Waals surface area contributed by atoms with E-state index in [9.17, 15) is 18.0 Å². The SMILES string of the molecule is Cc1nc(-c2cccc(CNC(=O)C(=O)Nc3ccc(-c4cccc(S(=O)(=O)NC(C)(C)C)c4)cc3)c2)no1. The van der Waals surface area contributed by atoms with Crippen molar-refractivity contribution >= 4 is 27.5 Å². The third-order valence-electron chi connectivity index (χ3n) is 5.43. The maximum atomic E-state index is 12.7. The van der Waals surface area contributed by atoms with Crippen LogP contribution in [-0.2, 0) is 26.2 Å². The van der Waals surface area contributed by atoms with Gasteiger partial charge in [0.1, 0.15) is 0 Å². The number of nitrogens with zero attached hydrogens (tertiary/aromatic N) is 2. The highest BCUT2D eigenvalue weighted by Crippen LogP contribution is 2.25. The van der Waals surface area contributed by atoms with E-state index in [-0.39, 0.29) is 11.4 Å². The van der Waals surface area contributed by atoms with Crippen molar-refractivity contribution in [2.75, 3.05) is 5.32 Å². The Hall–Kier alpha value is -4.35. The van der Waals surface area contributed by atoms with Crippen LogP contribution in [0.5, 0.6) is 0 Å². The van der Waals surface area contributed by atoms with Gasteiger partial charge >= 0.3 is 11.8 Å². The number of amides is 2. The number of rotatable bonds is 7. The summed E-state index contributed by atoms with van der Waals surface area (Å²) in [6.45, 7) is 7.16. The number of carbonyl (C=O) groups excluding carboxylic acids is 2. The Bertz CT molecular complexity index is 1610. The summed E-state index contributed by atoms with van der Waals surface area (Å²) in [4.78, 5) is 29.1. The summed E-state index contributed by atoms with van der Waals surface area (Å²) < 4.78 is 33.0. The molecule has 4 rings (SSSR count). The molecule has 39 heavy (non-hydrogen) atoms. The molecule has 0 spiro atoms. The molecular formula is C28H29N5O5S. The lowest BCUT2D eigenvalue weighted by Crippen LogP contribution is -2.40. The summed E-state index contributed by atoms with van der Waals surface area (Å²) >= 11 is 0. The zero-order valence-corrected chi connectivity index (χ0v) is 22.8. The number of aromatic nitrogens is 2. The molecule has 3 aromatic carbocycles. The van der Waals surface area contributed by atoms with Crippen molar-refractivity contribution in [1.82, 2.24) is 20.2 Å². The summed E-state index contributed by atoms with van der Waals surface area (Å²) in [5.41, 5.74) is 2.76. The molecule has 0 aliphatic rings. The molecule has 0 saturated carbocycles. The predicted octanol–water partition coefficient (Wildman–Crippen LogP) is 4.04. The Morgan fingerprint density at radius 1 is 0.872 bits per heavy atom. The molecule has 4 aromatic rings. The van der Waals surface area contributed by atoms with Gasteiger partial charge < -0.3 is 15.2 Å². The second kappa shape index (κ2) is 11.2. The van der Waals surface area contributed by atoms with Gasteiger partial charge in [0.05, 0.1) is 4.90 Å². The van der Waals surface area contributed by atoms with E-state index in [1.165, 1.54) is 6.07 Å². The Morgan fingerprint density at radius 2 is 1.56 bits per heavy atom. The lowest BCUT2D eigenvalue weighted by Gasteiger charge is -2.20. The van der Waals surface area contributed by atoms with Gasteiger partial charge in [0, 0.05) is 30.3 Å². The van der Waals surface area contributed by atoms with Gasteiger partial charge in [-0.3, -0.25) is 9.59 Å². The number of sulfonamides is 1. The smallest absolute Gasteiger partial charge is 0.313 e. The molecule has 0 fully saturated rings. The van der Waals surface area contributed by atoms with Crippen LogP contribution in [0.25, 0.3) is 22.5 Å². The Morgan fingerprint density at radius 3 is 2.23 bits per heavy atom. The van der Waals surface area contributed by atoms with Crippen LogP contribution in [0.15, 0.2) is 82.2 Å². The number of carbonyl (C=O) groups is 2. The first-order valence-corrected chi connectivity index (χ1v) is 13.6. The highest BCUT2D eigenvalue weighted by Gasteiger charge is 2.22. The van der Waals surface area contributed by atoms with E-state index in [4.69, 9.17) is 4.52 Å². The molecule has 0 atom stereocenters.